The molecule has 2 aromatic heterocycles. The normalized spacial score (nSPS) is 18.5. The molecule has 0 amide bonds. The molecule has 3 aromatic rings. The molecule has 1 aromatic carbocycles. The zero-order valence-corrected chi connectivity index (χ0v) is 19.1. The first kappa shape index (κ1) is 21.1. The lowest BCUT2D eigenvalue weighted by Gasteiger charge is -2.35. The number of halogens is 2. The predicted octanol–water partition coefficient (Wildman–Crippen LogP) is 6.75. The van der Waals surface area contributed by atoms with Gasteiger partial charge in [0.1, 0.15) is 0 Å². The van der Waals surface area contributed by atoms with E-state index in [0.29, 0.717) is 39.6 Å². The van der Waals surface area contributed by atoms with Gasteiger partial charge >= 0.3 is 0 Å². The van der Waals surface area contributed by atoms with Crippen LogP contribution in [0.3, 0.4) is 0 Å². The quantitative estimate of drug-likeness (QED) is 0.393. The number of nitrogens with zero attached hydrogens (tertiary/aromatic N) is 1. The molecule has 31 heavy (non-hydrogen) atoms. The molecule has 1 aliphatic heterocycles. The van der Waals surface area contributed by atoms with Crippen LogP contribution in [-0.4, -0.2) is 29.8 Å². The van der Waals surface area contributed by atoms with Crippen LogP contribution in [0.5, 0.6) is 0 Å². The van der Waals surface area contributed by atoms with Crippen molar-refractivity contribution in [2.45, 2.75) is 37.4 Å². The van der Waals surface area contributed by atoms with Crippen LogP contribution in [0.1, 0.15) is 51.7 Å². The van der Waals surface area contributed by atoms with E-state index in [1.165, 1.54) is 4.88 Å². The number of thiophene rings is 1. The number of carbonyl (C=O) groups is 1. The van der Waals surface area contributed by atoms with Gasteiger partial charge in [0.25, 0.3) is 0 Å². The van der Waals surface area contributed by atoms with Crippen LogP contribution < -0.4 is 0 Å². The first-order valence-electron chi connectivity index (χ1n) is 10.4. The molecular formula is C24H21Cl2NO3S. The molecule has 1 spiro atoms. The Labute approximate surface area is 195 Å². The number of rotatable bonds is 4. The molecule has 7 heteroatoms. The number of ketones is 1. The minimum Gasteiger partial charge on any atom is -0.348 e. The van der Waals surface area contributed by atoms with Gasteiger partial charge in [-0.1, -0.05) is 23.2 Å². The summed E-state index contributed by atoms with van der Waals surface area (Å²) in [4.78, 5) is 19.3. The second-order valence-electron chi connectivity index (χ2n) is 7.96. The van der Waals surface area contributed by atoms with Gasteiger partial charge in [-0.25, -0.2) is 0 Å². The second-order valence-corrected chi connectivity index (χ2v) is 9.86. The molecule has 0 bridgehead atoms. The standard InChI is InChI=1S/C24H21Cl2NO3S/c25-19-2-1-17(13-20(19)26)22(28)21-14-18(15-5-9-27-10-6-15)23(31-21)16-3-7-24(8-4-16)29-11-12-30-24/h1-2,5-6,9-10,13-14,16H,3-4,7-8,11-12H2. The molecule has 2 aliphatic rings. The van der Waals surface area contributed by atoms with E-state index in [2.05, 4.69) is 4.98 Å². The summed E-state index contributed by atoms with van der Waals surface area (Å²) in [5.41, 5.74) is 2.71. The van der Waals surface area contributed by atoms with Crippen molar-refractivity contribution >= 4 is 40.3 Å². The van der Waals surface area contributed by atoms with Crippen molar-refractivity contribution in [1.82, 2.24) is 4.98 Å². The highest BCUT2D eigenvalue weighted by Gasteiger charge is 2.41. The molecule has 3 heterocycles. The predicted molar refractivity (Wildman–Crippen MR) is 123 cm³/mol. The lowest BCUT2D eigenvalue weighted by Crippen LogP contribution is -2.34. The zero-order chi connectivity index (χ0) is 21.4. The molecule has 0 atom stereocenters. The number of hydrogen-bond donors (Lipinski definition) is 0. The summed E-state index contributed by atoms with van der Waals surface area (Å²) in [6, 6.07) is 11.0. The minimum atomic E-state index is -0.400. The highest BCUT2D eigenvalue weighted by Crippen LogP contribution is 2.47. The smallest absolute Gasteiger partial charge is 0.203 e. The van der Waals surface area contributed by atoms with Gasteiger partial charge < -0.3 is 9.47 Å². The Balaban J connectivity index is 1.49. The van der Waals surface area contributed by atoms with Gasteiger partial charge in [0.05, 0.1) is 28.1 Å². The minimum absolute atomic E-state index is 0.0418. The zero-order valence-electron chi connectivity index (χ0n) is 16.8. The molecule has 1 aliphatic carbocycles. The Morgan fingerprint density at radius 2 is 1.71 bits per heavy atom. The highest BCUT2D eigenvalue weighted by atomic mass is 35.5. The van der Waals surface area contributed by atoms with Crippen LogP contribution in [0.4, 0.5) is 0 Å². The summed E-state index contributed by atoms with van der Waals surface area (Å²) in [5, 5.41) is 0.822. The third kappa shape index (κ3) is 4.18. The van der Waals surface area contributed by atoms with Crippen LogP contribution in [0.15, 0.2) is 48.8 Å². The average Bonchev–Trinajstić information content (AvgIpc) is 3.44. The fraction of sp³-hybridized carbons (Fsp3) is 0.333. The Hall–Kier alpha value is -1.76. The Kier molecular flexibility index (Phi) is 5.88. The van der Waals surface area contributed by atoms with E-state index in [1.807, 2.05) is 18.2 Å². The lowest BCUT2D eigenvalue weighted by molar-refractivity contribution is -0.178. The van der Waals surface area contributed by atoms with Crippen LogP contribution in [0.25, 0.3) is 11.1 Å². The van der Waals surface area contributed by atoms with E-state index in [-0.39, 0.29) is 5.78 Å². The molecule has 0 unspecified atom stereocenters. The molecule has 0 radical (unpaired) electrons. The van der Waals surface area contributed by atoms with Crippen molar-refractivity contribution in [1.29, 1.82) is 0 Å². The SMILES string of the molecule is O=C(c1ccc(Cl)c(Cl)c1)c1cc(-c2ccncc2)c(C2CCC3(CC2)OCCO3)s1. The van der Waals surface area contributed by atoms with E-state index in [0.717, 1.165) is 36.8 Å². The number of aromatic nitrogens is 1. The summed E-state index contributed by atoms with van der Waals surface area (Å²) in [6.07, 6.45) is 7.27. The van der Waals surface area contributed by atoms with Crippen molar-refractivity contribution in [2.75, 3.05) is 13.2 Å². The van der Waals surface area contributed by atoms with Gasteiger partial charge in [-0.2, -0.15) is 0 Å². The molecular weight excluding hydrogens is 453 g/mol. The van der Waals surface area contributed by atoms with Crippen molar-refractivity contribution < 1.29 is 14.3 Å². The fourth-order valence-corrected chi connectivity index (χ4v) is 6.07. The summed E-state index contributed by atoms with van der Waals surface area (Å²) < 4.78 is 11.8. The third-order valence-electron chi connectivity index (χ3n) is 6.09. The topological polar surface area (TPSA) is 48.4 Å². The van der Waals surface area contributed by atoms with E-state index >= 15 is 0 Å². The lowest BCUT2D eigenvalue weighted by atomic mass is 9.82. The number of pyridine rings is 1. The van der Waals surface area contributed by atoms with Gasteiger partial charge in [0.15, 0.2) is 5.79 Å². The largest absolute Gasteiger partial charge is 0.348 e. The number of ether oxygens (including phenoxy) is 2. The molecule has 0 N–H and O–H groups in total. The molecule has 5 rings (SSSR count). The number of carbonyl (C=O) groups excluding carboxylic acids is 1. The van der Waals surface area contributed by atoms with Gasteiger partial charge in [-0.05, 0) is 66.3 Å². The molecule has 1 saturated heterocycles. The molecule has 1 saturated carbocycles. The summed E-state index contributed by atoms with van der Waals surface area (Å²) in [5.74, 6) is -0.0784. The third-order valence-corrected chi connectivity index (χ3v) is 8.12. The van der Waals surface area contributed by atoms with E-state index in [9.17, 15) is 4.79 Å². The maximum Gasteiger partial charge on any atom is 0.203 e. The van der Waals surface area contributed by atoms with Crippen LogP contribution in [-0.2, 0) is 9.47 Å². The maximum absolute atomic E-state index is 13.2. The molecule has 160 valence electrons. The van der Waals surface area contributed by atoms with E-state index in [1.54, 1.807) is 41.9 Å². The Morgan fingerprint density at radius 1 is 1.00 bits per heavy atom. The van der Waals surface area contributed by atoms with Crippen molar-refractivity contribution in [3.05, 3.63) is 74.2 Å². The highest BCUT2D eigenvalue weighted by molar-refractivity contribution is 7.14. The van der Waals surface area contributed by atoms with E-state index < -0.39 is 5.79 Å². The Morgan fingerprint density at radius 3 is 2.39 bits per heavy atom. The van der Waals surface area contributed by atoms with Gasteiger partial charge in [-0.15, -0.1) is 11.3 Å². The van der Waals surface area contributed by atoms with Crippen molar-refractivity contribution in [2.24, 2.45) is 0 Å². The van der Waals surface area contributed by atoms with Crippen LogP contribution in [0, 0.1) is 0 Å². The first-order chi connectivity index (χ1) is 15.0. The molecule has 2 fully saturated rings. The Bertz CT molecular complexity index is 1100. The number of benzene rings is 1. The maximum atomic E-state index is 13.2. The summed E-state index contributed by atoms with van der Waals surface area (Å²) in [7, 11) is 0. The molecule has 4 nitrogen and oxygen atoms in total. The first-order valence-corrected chi connectivity index (χ1v) is 11.9. The van der Waals surface area contributed by atoms with Crippen molar-refractivity contribution in [3.8, 4) is 11.1 Å². The summed E-state index contributed by atoms with van der Waals surface area (Å²) >= 11 is 13.8. The average molecular weight is 474 g/mol. The van der Waals surface area contributed by atoms with E-state index in [4.69, 9.17) is 32.7 Å². The van der Waals surface area contributed by atoms with Gasteiger partial charge in [0.2, 0.25) is 5.78 Å². The van der Waals surface area contributed by atoms with Gasteiger partial charge in [0, 0.05) is 35.7 Å². The van der Waals surface area contributed by atoms with Crippen LogP contribution in [0.2, 0.25) is 10.0 Å². The van der Waals surface area contributed by atoms with Gasteiger partial charge in [-0.3, -0.25) is 9.78 Å². The monoisotopic (exact) mass is 473 g/mol. The van der Waals surface area contributed by atoms with Crippen molar-refractivity contribution in [3.63, 3.8) is 0 Å². The fourth-order valence-electron chi connectivity index (χ4n) is 4.46. The summed E-state index contributed by atoms with van der Waals surface area (Å²) in [6.45, 7) is 1.35. The second kappa shape index (κ2) is 8.64. The van der Waals surface area contributed by atoms with Crippen LogP contribution >= 0.6 is 34.5 Å². The number of hydrogen-bond acceptors (Lipinski definition) is 5.